The summed E-state index contributed by atoms with van der Waals surface area (Å²) in [4.78, 5) is 24.4. The number of carbonyl (C=O) groups excluding carboxylic acids is 1. The standard InChI is InChI=1S/C13H14FNO3/c1-15(8-9-2-4-10(14)5-3-9)11(16)13(6-7-13)12(17)18/h2-5H,6-8H2,1H3,(H,17,18). The Hall–Kier alpha value is -1.91. The fourth-order valence-corrected chi connectivity index (χ4v) is 1.95. The first kappa shape index (κ1) is 12.5. The van der Waals surface area contributed by atoms with Gasteiger partial charge in [0.2, 0.25) is 5.91 Å². The van der Waals surface area contributed by atoms with Gasteiger partial charge in [-0.3, -0.25) is 9.59 Å². The van der Waals surface area contributed by atoms with Crippen LogP contribution >= 0.6 is 0 Å². The van der Waals surface area contributed by atoms with Crippen LogP contribution < -0.4 is 0 Å². The van der Waals surface area contributed by atoms with Gasteiger partial charge in [0, 0.05) is 13.6 Å². The molecule has 18 heavy (non-hydrogen) atoms. The molecule has 1 amide bonds. The molecule has 0 radical (unpaired) electrons. The second-order valence-electron chi connectivity index (χ2n) is 4.67. The van der Waals surface area contributed by atoms with E-state index in [2.05, 4.69) is 0 Å². The lowest BCUT2D eigenvalue weighted by atomic mass is 10.1. The van der Waals surface area contributed by atoms with Crippen LogP contribution in [0.2, 0.25) is 0 Å². The van der Waals surface area contributed by atoms with Crippen LogP contribution in [0.15, 0.2) is 24.3 Å². The molecular weight excluding hydrogens is 237 g/mol. The number of hydrogen-bond donors (Lipinski definition) is 1. The van der Waals surface area contributed by atoms with Gasteiger partial charge in [-0.05, 0) is 30.5 Å². The molecule has 1 N–H and O–H groups in total. The van der Waals surface area contributed by atoms with Gasteiger partial charge in [0.1, 0.15) is 11.2 Å². The van der Waals surface area contributed by atoms with Crippen LogP contribution in [-0.4, -0.2) is 28.9 Å². The number of halogens is 1. The highest BCUT2D eigenvalue weighted by atomic mass is 19.1. The van der Waals surface area contributed by atoms with Crippen LogP contribution in [0.4, 0.5) is 4.39 Å². The third-order valence-electron chi connectivity index (χ3n) is 3.25. The molecule has 0 unspecified atom stereocenters. The zero-order valence-electron chi connectivity index (χ0n) is 10.0. The Balaban J connectivity index is 2.04. The van der Waals surface area contributed by atoms with E-state index < -0.39 is 11.4 Å². The highest BCUT2D eigenvalue weighted by Gasteiger charge is 2.58. The second-order valence-corrected chi connectivity index (χ2v) is 4.67. The quantitative estimate of drug-likeness (QED) is 0.828. The van der Waals surface area contributed by atoms with Crippen molar-refractivity contribution in [1.29, 1.82) is 0 Å². The van der Waals surface area contributed by atoms with Gasteiger partial charge >= 0.3 is 5.97 Å². The minimum Gasteiger partial charge on any atom is -0.480 e. The van der Waals surface area contributed by atoms with E-state index in [0.717, 1.165) is 5.56 Å². The summed E-state index contributed by atoms with van der Waals surface area (Å²) in [7, 11) is 1.56. The average molecular weight is 251 g/mol. The van der Waals surface area contributed by atoms with Crippen LogP contribution in [0.5, 0.6) is 0 Å². The first-order valence-electron chi connectivity index (χ1n) is 5.69. The zero-order chi connectivity index (χ0) is 13.3. The molecule has 1 aromatic carbocycles. The van der Waals surface area contributed by atoms with Crippen LogP contribution in [0.25, 0.3) is 0 Å². The SMILES string of the molecule is CN(Cc1ccc(F)cc1)C(=O)C1(C(=O)O)CC1. The van der Waals surface area contributed by atoms with Gasteiger partial charge in [-0.1, -0.05) is 12.1 Å². The van der Waals surface area contributed by atoms with E-state index in [1.807, 2.05) is 0 Å². The Morgan fingerprint density at radius 3 is 2.33 bits per heavy atom. The van der Waals surface area contributed by atoms with Crippen molar-refractivity contribution < 1.29 is 19.1 Å². The summed E-state index contributed by atoms with van der Waals surface area (Å²) in [5, 5.41) is 9.03. The third-order valence-corrected chi connectivity index (χ3v) is 3.25. The molecule has 1 aliphatic carbocycles. The zero-order valence-corrected chi connectivity index (χ0v) is 10.0. The molecule has 0 heterocycles. The number of benzene rings is 1. The Labute approximate surface area is 104 Å². The van der Waals surface area contributed by atoms with Crippen LogP contribution in [0.1, 0.15) is 18.4 Å². The molecule has 2 rings (SSSR count). The monoisotopic (exact) mass is 251 g/mol. The molecule has 96 valence electrons. The highest BCUT2D eigenvalue weighted by molar-refractivity contribution is 6.04. The van der Waals surface area contributed by atoms with E-state index in [9.17, 15) is 14.0 Å². The summed E-state index contributed by atoms with van der Waals surface area (Å²) in [6.07, 6.45) is 0.795. The van der Waals surface area contributed by atoms with Crippen molar-refractivity contribution in [2.75, 3.05) is 7.05 Å². The maximum Gasteiger partial charge on any atom is 0.319 e. The Morgan fingerprint density at radius 2 is 1.89 bits per heavy atom. The highest BCUT2D eigenvalue weighted by Crippen LogP contribution is 2.47. The van der Waals surface area contributed by atoms with Crippen LogP contribution in [0, 0.1) is 11.2 Å². The van der Waals surface area contributed by atoms with E-state index in [1.54, 1.807) is 19.2 Å². The molecule has 0 bridgehead atoms. The summed E-state index contributed by atoms with van der Waals surface area (Å²) in [6, 6.07) is 5.80. The van der Waals surface area contributed by atoms with Crippen molar-refractivity contribution in [2.45, 2.75) is 19.4 Å². The van der Waals surface area contributed by atoms with Gasteiger partial charge in [-0.15, -0.1) is 0 Å². The average Bonchev–Trinajstić information content (AvgIpc) is 3.12. The minimum atomic E-state index is -1.21. The van der Waals surface area contributed by atoms with Gasteiger partial charge in [0.25, 0.3) is 0 Å². The largest absolute Gasteiger partial charge is 0.480 e. The summed E-state index contributed by atoms with van der Waals surface area (Å²) < 4.78 is 12.7. The molecule has 0 atom stereocenters. The molecule has 0 spiro atoms. The lowest BCUT2D eigenvalue weighted by Crippen LogP contribution is -2.38. The molecule has 0 aliphatic heterocycles. The topological polar surface area (TPSA) is 57.6 Å². The number of carbonyl (C=O) groups is 2. The predicted molar refractivity (Wildman–Crippen MR) is 62.2 cm³/mol. The predicted octanol–water partition coefficient (Wildman–Crippen LogP) is 1.65. The number of carboxylic acid groups (broad SMARTS) is 1. The van der Waals surface area contributed by atoms with E-state index >= 15 is 0 Å². The number of carboxylic acids is 1. The number of rotatable bonds is 4. The van der Waals surface area contributed by atoms with Crippen molar-refractivity contribution in [3.8, 4) is 0 Å². The molecule has 5 heteroatoms. The van der Waals surface area contributed by atoms with Gasteiger partial charge < -0.3 is 10.0 Å². The van der Waals surface area contributed by atoms with Crippen molar-refractivity contribution in [2.24, 2.45) is 5.41 Å². The summed E-state index contributed by atoms with van der Waals surface area (Å²) >= 11 is 0. The van der Waals surface area contributed by atoms with Crippen molar-refractivity contribution >= 4 is 11.9 Å². The van der Waals surface area contributed by atoms with Crippen molar-refractivity contribution in [3.05, 3.63) is 35.6 Å². The number of nitrogens with zero attached hydrogens (tertiary/aromatic N) is 1. The maximum atomic E-state index is 12.7. The molecule has 1 fully saturated rings. The smallest absolute Gasteiger partial charge is 0.319 e. The van der Waals surface area contributed by atoms with E-state index in [1.165, 1.54) is 17.0 Å². The van der Waals surface area contributed by atoms with Gasteiger partial charge in [-0.25, -0.2) is 4.39 Å². The Morgan fingerprint density at radius 1 is 1.33 bits per heavy atom. The van der Waals surface area contributed by atoms with Gasteiger partial charge in [0.05, 0.1) is 0 Å². The molecule has 0 aromatic heterocycles. The molecule has 1 aliphatic rings. The van der Waals surface area contributed by atoms with Crippen LogP contribution in [-0.2, 0) is 16.1 Å². The Bertz CT molecular complexity index is 480. The Kier molecular flexibility index (Phi) is 3.07. The lowest BCUT2D eigenvalue weighted by Gasteiger charge is -2.21. The van der Waals surface area contributed by atoms with Crippen LogP contribution in [0.3, 0.4) is 0 Å². The molecule has 1 saturated carbocycles. The van der Waals surface area contributed by atoms with Gasteiger partial charge in [-0.2, -0.15) is 0 Å². The minimum absolute atomic E-state index is 0.286. The third kappa shape index (κ3) is 2.20. The fourth-order valence-electron chi connectivity index (χ4n) is 1.95. The summed E-state index contributed by atoms with van der Waals surface area (Å²) in [5.74, 6) is -1.77. The van der Waals surface area contributed by atoms with E-state index in [4.69, 9.17) is 5.11 Å². The number of amides is 1. The first-order valence-corrected chi connectivity index (χ1v) is 5.69. The maximum absolute atomic E-state index is 12.7. The van der Waals surface area contributed by atoms with Crippen molar-refractivity contribution in [3.63, 3.8) is 0 Å². The fraction of sp³-hybridized carbons (Fsp3) is 0.385. The molecule has 4 nitrogen and oxygen atoms in total. The number of hydrogen-bond acceptors (Lipinski definition) is 2. The summed E-state index contributed by atoms with van der Waals surface area (Å²) in [5.41, 5.74) is -0.442. The summed E-state index contributed by atoms with van der Waals surface area (Å²) in [6.45, 7) is 0.286. The molecule has 1 aromatic rings. The lowest BCUT2D eigenvalue weighted by molar-refractivity contribution is -0.153. The second kappa shape index (κ2) is 4.40. The van der Waals surface area contributed by atoms with Gasteiger partial charge in [0.15, 0.2) is 0 Å². The van der Waals surface area contributed by atoms with E-state index in [0.29, 0.717) is 12.8 Å². The molecular formula is C13H14FNO3. The number of aliphatic carboxylic acids is 1. The normalized spacial score (nSPS) is 16.1. The first-order chi connectivity index (χ1) is 8.45. The van der Waals surface area contributed by atoms with Crippen molar-refractivity contribution in [1.82, 2.24) is 4.90 Å². The molecule has 0 saturated heterocycles. The van der Waals surface area contributed by atoms with E-state index in [-0.39, 0.29) is 18.3 Å².